The summed E-state index contributed by atoms with van der Waals surface area (Å²) in [6, 6.07) is 6.94. The van der Waals surface area contributed by atoms with Gasteiger partial charge in [-0.1, -0.05) is 53.9 Å². The predicted octanol–water partition coefficient (Wildman–Crippen LogP) is 1.93. The third kappa shape index (κ3) is 2.82. The molecule has 0 spiro atoms. The molecular weight excluding hydrogens is 160 g/mol. The first-order chi connectivity index (χ1) is 5.58. The normalized spacial score (nSPS) is 11.8. The van der Waals surface area contributed by atoms with Crippen LogP contribution in [0.2, 0.25) is 5.54 Å². The van der Waals surface area contributed by atoms with Crippen molar-refractivity contribution in [3.8, 4) is 0 Å². The summed E-state index contributed by atoms with van der Waals surface area (Å²) in [6.07, 6.45) is 0. The van der Waals surface area contributed by atoms with E-state index in [9.17, 15) is 0 Å². The molecule has 0 fully saturated rings. The molecule has 1 aromatic rings. The summed E-state index contributed by atoms with van der Waals surface area (Å²) < 4.78 is 0. The van der Waals surface area contributed by atoms with Gasteiger partial charge in [0, 0.05) is 0 Å². The van der Waals surface area contributed by atoms with Gasteiger partial charge in [-0.3, -0.25) is 0 Å². The van der Waals surface area contributed by atoms with Gasteiger partial charge in [0.1, 0.15) is 0 Å². The summed E-state index contributed by atoms with van der Waals surface area (Å²) in [6.45, 7) is 9.02. The Hall–Kier alpha value is -0.563. The van der Waals surface area contributed by atoms with Gasteiger partial charge in [0.2, 0.25) is 0 Å². The van der Waals surface area contributed by atoms with Crippen LogP contribution in [-0.4, -0.2) is 9.52 Å². The zero-order chi connectivity index (χ0) is 9.14. The third-order valence-electron chi connectivity index (χ3n) is 1.93. The Morgan fingerprint density at radius 1 is 1.00 bits per heavy atom. The van der Waals surface area contributed by atoms with Gasteiger partial charge < -0.3 is 0 Å². The highest BCUT2D eigenvalue weighted by Gasteiger charge is 1.99. The van der Waals surface area contributed by atoms with Crippen LogP contribution in [-0.2, 0) is 0 Å². The fourth-order valence-electron chi connectivity index (χ4n) is 1.66. The second-order valence-corrected chi connectivity index (χ2v) is 6.95. The Morgan fingerprint density at radius 3 is 1.92 bits per heavy atom. The Morgan fingerprint density at radius 2 is 1.50 bits per heavy atom. The summed E-state index contributed by atoms with van der Waals surface area (Å²) in [5, 5.41) is 1.61. The number of aryl methyl sites for hydroxylation is 2. The van der Waals surface area contributed by atoms with E-state index < -0.39 is 0 Å². The van der Waals surface area contributed by atoms with Crippen LogP contribution in [0.1, 0.15) is 25.0 Å². The second kappa shape index (κ2) is 3.90. The van der Waals surface area contributed by atoms with E-state index >= 15 is 0 Å². The summed E-state index contributed by atoms with van der Waals surface area (Å²) in [4.78, 5) is 0. The lowest BCUT2D eigenvalue weighted by molar-refractivity contribution is 1.07. The van der Waals surface area contributed by atoms with Crippen LogP contribution in [0.4, 0.5) is 0 Å². The molecule has 1 aromatic carbocycles. The Kier molecular flexibility index (Phi) is 3.10. The predicted molar refractivity (Wildman–Crippen MR) is 59.2 cm³/mol. The van der Waals surface area contributed by atoms with E-state index in [2.05, 4.69) is 45.9 Å². The molecule has 0 aliphatic rings. The largest absolute Gasteiger partial charge is 0.0661 e. The molecule has 0 saturated carbocycles. The molecule has 12 heavy (non-hydrogen) atoms. The number of hydrogen-bond acceptors (Lipinski definition) is 0. The molecule has 66 valence electrons. The van der Waals surface area contributed by atoms with E-state index in [1.54, 1.807) is 5.19 Å². The smallest absolute Gasteiger partial charge is 0.0573 e. The third-order valence-corrected chi connectivity index (χ3v) is 3.62. The molecule has 1 rings (SSSR count). The fraction of sp³-hybridized carbons (Fsp3) is 0.455. The first kappa shape index (κ1) is 9.52. The van der Waals surface area contributed by atoms with Crippen molar-refractivity contribution in [1.82, 2.24) is 0 Å². The van der Waals surface area contributed by atoms with Gasteiger partial charge in [0.25, 0.3) is 0 Å². The summed E-state index contributed by atoms with van der Waals surface area (Å²) in [5.41, 5.74) is 3.72. The van der Waals surface area contributed by atoms with Crippen LogP contribution in [0, 0.1) is 13.8 Å². The van der Waals surface area contributed by atoms with Crippen molar-refractivity contribution >= 4 is 14.7 Å². The van der Waals surface area contributed by atoms with Crippen molar-refractivity contribution in [1.29, 1.82) is 0 Å². The van der Waals surface area contributed by atoms with Gasteiger partial charge in [-0.25, -0.2) is 0 Å². The minimum Gasteiger partial charge on any atom is -0.0661 e. The van der Waals surface area contributed by atoms with E-state index in [0.29, 0.717) is 0 Å². The molecule has 0 aliphatic heterocycles. The molecule has 0 amide bonds. The van der Waals surface area contributed by atoms with Crippen molar-refractivity contribution in [3.63, 3.8) is 0 Å². The van der Waals surface area contributed by atoms with Crippen molar-refractivity contribution in [2.75, 3.05) is 0 Å². The summed E-state index contributed by atoms with van der Waals surface area (Å²) in [5.74, 6) is 0. The minimum atomic E-state index is -0.0194. The van der Waals surface area contributed by atoms with Crippen molar-refractivity contribution in [3.05, 3.63) is 29.3 Å². The maximum Gasteiger partial charge on any atom is 0.0573 e. The monoisotopic (exact) mass is 178 g/mol. The Labute approximate surface area is 77.8 Å². The lowest BCUT2D eigenvalue weighted by Gasteiger charge is -2.06. The topological polar surface area (TPSA) is 0 Å². The lowest BCUT2D eigenvalue weighted by atomic mass is 10.2. The Bertz CT molecular complexity index is 243. The highest BCUT2D eigenvalue weighted by Crippen LogP contribution is 2.03. The summed E-state index contributed by atoms with van der Waals surface area (Å²) >= 11 is 0. The van der Waals surface area contributed by atoms with Gasteiger partial charge in [-0.15, -0.1) is 0 Å². The van der Waals surface area contributed by atoms with E-state index in [4.69, 9.17) is 0 Å². The fourth-order valence-corrected chi connectivity index (χ4v) is 3.48. The van der Waals surface area contributed by atoms with E-state index in [1.165, 1.54) is 11.1 Å². The van der Waals surface area contributed by atoms with E-state index in [1.807, 2.05) is 0 Å². The molecule has 0 nitrogen and oxygen atoms in total. The summed E-state index contributed by atoms with van der Waals surface area (Å²) in [7, 11) is -0.0194. The molecule has 0 aliphatic carbocycles. The molecule has 0 atom stereocenters. The van der Waals surface area contributed by atoms with E-state index in [-0.39, 0.29) is 9.52 Å². The average Bonchev–Trinajstić information content (AvgIpc) is 1.81. The zero-order valence-electron chi connectivity index (χ0n) is 8.52. The van der Waals surface area contributed by atoms with Crippen LogP contribution in [0.15, 0.2) is 18.2 Å². The van der Waals surface area contributed by atoms with Crippen molar-refractivity contribution in [2.45, 2.75) is 33.2 Å². The molecule has 0 radical (unpaired) electrons. The first-order valence-electron chi connectivity index (χ1n) is 4.65. The van der Waals surface area contributed by atoms with Gasteiger partial charge >= 0.3 is 0 Å². The van der Waals surface area contributed by atoms with Gasteiger partial charge in [-0.2, -0.15) is 0 Å². The molecule has 0 unspecified atom stereocenters. The Balaban J connectivity index is 2.85. The molecule has 0 N–H and O–H groups in total. The number of hydrogen-bond donors (Lipinski definition) is 0. The quantitative estimate of drug-likeness (QED) is 0.607. The van der Waals surface area contributed by atoms with E-state index in [0.717, 1.165) is 5.54 Å². The van der Waals surface area contributed by atoms with Gasteiger partial charge in [0.05, 0.1) is 9.52 Å². The highest BCUT2D eigenvalue weighted by molar-refractivity contribution is 6.54. The number of benzene rings is 1. The molecular formula is C11H18Si. The van der Waals surface area contributed by atoms with Gasteiger partial charge in [0.15, 0.2) is 0 Å². The van der Waals surface area contributed by atoms with Crippen LogP contribution in [0.25, 0.3) is 0 Å². The molecule has 0 bridgehead atoms. The molecule has 0 aromatic heterocycles. The van der Waals surface area contributed by atoms with Crippen LogP contribution in [0.3, 0.4) is 0 Å². The van der Waals surface area contributed by atoms with Crippen LogP contribution in [0.5, 0.6) is 0 Å². The van der Waals surface area contributed by atoms with Crippen LogP contribution >= 0.6 is 0 Å². The standard InChI is InChI=1S/C11H18Si/c1-8(2)12-11-6-9(3)5-10(4)7-11/h5-8H,12H2,1-4H3. The molecule has 0 heterocycles. The SMILES string of the molecule is Cc1cc(C)cc([SiH2]C(C)C)c1. The first-order valence-corrected chi connectivity index (χ1v) is 6.17. The highest BCUT2D eigenvalue weighted by atomic mass is 28.2. The van der Waals surface area contributed by atoms with Crippen LogP contribution < -0.4 is 5.19 Å². The molecule has 0 saturated heterocycles. The minimum absolute atomic E-state index is 0.0194. The maximum atomic E-state index is 2.35. The number of rotatable bonds is 2. The van der Waals surface area contributed by atoms with Crippen molar-refractivity contribution in [2.24, 2.45) is 0 Å². The van der Waals surface area contributed by atoms with Crippen molar-refractivity contribution < 1.29 is 0 Å². The molecule has 1 heteroatoms. The zero-order valence-corrected chi connectivity index (χ0v) is 9.93. The van der Waals surface area contributed by atoms with Gasteiger partial charge in [-0.05, 0) is 13.8 Å². The lowest BCUT2D eigenvalue weighted by Crippen LogP contribution is -2.17. The second-order valence-electron chi connectivity index (χ2n) is 4.09. The average molecular weight is 178 g/mol. The maximum absolute atomic E-state index is 2.35.